The topological polar surface area (TPSA) is 0 Å². The molecule has 0 saturated heterocycles. The monoisotopic (exact) mass is 238 g/mol. The molecule has 0 aliphatic carbocycles. The van der Waals surface area contributed by atoms with Gasteiger partial charge in [-0.25, -0.2) is 0 Å². The second-order valence-electron chi connectivity index (χ2n) is 5.84. The van der Waals surface area contributed by atoms with Gasteiger partial charge in [-0.15, -0.1) is 0 Å². The van der Waals surface area contributed by atoms with E-state index in [1.165, 1.54) is 50.5 Å². The third-order valence-electron chi connectivity index (χ3n) is 4.07. The highest BCUT2D eigenvalue weighted by molar-refractivity contribution is 5.03. The number of allylic oxidation sites excluding steroid dienone is 1. The second-order valence-corrected chi connectivity index (χ2v) is 5.84. The Bertz CT molecular complexity index is 186. The second kappa shape index (κ2) is 9.74. The molecule has 0 aromatic heterocycles. The van der Waals surface area contributed by atoms with E-state index in [-0.39, 0.29) is 0 Å². The molecule has 0 aromatic carbocycles. The molecule has 102 valence electrons. The van der Waals surface area contributed by atoms with E-state index in [0.29, 0.717) is 11.8 Å². The van der Waals surface area contributed by atoms with Crippen molar-refractivity contribution < 1.29 is 0 Å². The zero-order valence-corrected chi connectivity index (χ0v) is 12.9. The van der Waals surface area contributed by atoms with Crippen molar-refractivity contribution in [2.24, 2.45) is 17.8 Å². The summed E-state index contributed by atoms with van der Waals surface area (Å²) in [6, 6.07) is 0. The van der Waals surface area contributed by atoms with Gasteiger partial charge >= 0.3 is 0 Å². The molecule has 0 aromatic rings. The summed E-state index contributed by atoms with van der Waals surface area (Å²) in [5.74, 6) is 2.34. The minimum atomic E-state index is 0.707. The van der Waals surface area contributed by atoms with Crippen LogP contribution in [0.5, 0.6) is 0 Å². The average Bonchev–Trinajstić information content (AvgIpc) is 2.29. The first-order valence-electron chi connectivity index (χ1n) is 7.75. The van der Waals surface area contributed by atoms with Gasteiger partial charge < -0.3 is 0 Å². The predicted octanol–water partition coefficient (Wildman–Crippen LogP) is 6.22. The van der Waals surface area contributed by atoms with Crippen molar-refractivity contribution >= 4 is 0 Å². The molecule has 0 amide bonds. The summed E-state index contributed by atoms with van der Waals surface area (Å²) in [5, 5.41) is 0. The zero-order valence-electron chi connectivity index (χ0n) is 12.9. The van der Waals surface area contributed by atoms with Gasteiger partial charge in [0.2, 0.25) is 0 Å². The Balaban J connectivity index is 4.18. The van der Waals surface area contributed by atoms with E-state index >= 15 is 0 Å². The molecular formula is C17H34. The van der Waals surface area contributed by atoms with Gasteiger partial charge in [0.15, 0.2) is 0 Å². The van der Waals surface area contributed by atoms with Crippen LogP contribution >= 0.6 is 0 Å². The summed E-state index contributed by atoms with van der Waals surface area (Å²) in [6.45, 7) is 16.0. The molecule has 0 spiro atoms. The largest absolute Gasteiger partial charge is 0.0993 e. The van der Waals surface area contributed by atoms with Crippen molar-refractivity contribution in [1.82, 2.24) is 0 Å². The quantitative estimate of drug-likeness (QED) is 0.396. The summed E-state index contributed by atoms with van der Waals surface area (Å²) in [6.07, 6.45) is 9.38. The lowest BCUT2D eigenvalue weighted by molar-refractivity contribution is 0.353. The molecule has 0 aliphatic rings. The molecule has 0 aliphatic heterocycles. The molecule has 0 heterocycles. The van der Waals surface area contributed by atoms with Gasteiger partial charge in [0, 0.05) is 0 Å². The standard InChI is InChI=1S/C17H34/c1-7-10-14(4)16(6)15(5)13-17(11-8-2)12-9-3/h14-15,17H,6-13H2,1-5H3. The van der Waals surface area contributed by atoms with Crippen molar-refractivity contribution in [3.05, 3.63) is 12.2 Å². The maximum absolute atomic E-state index is 4.35. The van der Waals surface area contributed by atoms with Crippen LogP contribution in [-0.4, -0.2) is 0 Å². The van der Waals surface area contributed by atoms with Gasteiger partial charge in [-0.3, -0.25) is 0 Å². The molecule has 0 nitrogen and oxygen atoms in total. The lowest BCUT2D eigenvalue weighted by atomic mass is 9.81. The lowest BCUT2D eigenvalue weighted by Crippen LogP contribution is -2.12. The van der Waals surface area contributed by atoms with Crippen molar-refractivity contribution in [2.75, 3.05) is 0 Å². The van der Waals surface area contributed by atoms with Crippen molar-refractivity contribution in [3.8, 4) is 0 Å². The maximum atomic E-state index is 4.35. The minimum absolute atomic E-state index is 0.707. The van der Waals surface area contributed by atoms with E-state index < -0.39 is 0 Å². The van der Waals surface area contributed by atoms with E-state index in [2.05, 4.69) is 41.2 Å². The smallest absolute Gasteiger partial charge is 0.0229 e. The van der Waals surface area contributed by atoms with E-state index in [1.54, 1.807) is 0 Å². The molecule has 17 heavy (non-hydrogen) atoms. The van der Waals surface area contributed by atoms with Crippen LogP contribution in [0.4, 0.5) is 0 Å². The highest BCUT2D eigenvalue weighted by atomic mass is 14.2. The van der Waals surface area contributed by atoms with Gasteiger partial charge in [-0.1, -0.05) is 78.9 Å². The van der Waals surface area contributed by atoms with Crippen molar-refractivity contribution in [2.45, 2.75) is 79.6 Å². The third kappa shape index (κ3) is 6.91. The van der Waals surface area contributed by atoms with Gasteiger partial charge in [-0.05, 0) is 30.6 Å². The van der Waals surface area contributed by atoms with Crippen LogP contribution in [0.2, 0.25) is 0 Å². The zero-order chi connectivity index (χ0) is 13.3. The molecule has 2 atom stereocenters. The SMILES string of the molecule is C=C(C(C)CCC)C(C)CC(CCC)CCC. The van der Waals surface area contributed by atoms with Crippen LogP contribution < -0.4 is 0 Å². The Kier molecular flexibility index (Phi) is 9.59. The molecule has 0 bridgehead atoms. The first kappa shape index (κ1) is 16.7. The molecule has 0 heteroatoms. The van der Waals surface area contributed by atoms with Gasteiger partial charge in [0.05, 0.1) is 0 Å². The fourth-order valence-electron chi connectivity index (χ4n) is 2.95. The molecule has 0 rings (SSSR count). The summed E-state index contributed by atoms with van der Waals surface area (Å²) in [5.41, 5.74) is 1.49. The van der Waals surface area contributed by atoms with Gasteiger partial charge in [0.25, 0.3) is 0 Å². The predicted molar refractivity (Wildman–Crippen MR) is 80.3 cm³/mol. The Morgan fingerprint density at radius 3 is 1.71 bits per heavy atom. The highest BCUT2D eigenvalue weighted by Gasteiger charge is 2.17. The fraction of sp³-hybridized carbons (Fsp3) is 0.882. The van der Waals surface area contributed by atoms with Crippen LogP contribution in [-0.2, 0) is 0 Å². The first-order valence-corrected chi connectivity index (χ1v) is 7.75. The Hall–Kier alpha value is -0.260. The highest BCUT2D eigenvalue weighted by Crippen LogP contribution is 2.30. The summed E-state index contributed by atoms with van der Waals surface area (Å²) < 4.78 is 0. The first-order chi connectivity index (χ1) is 8.06. The normalized spacial score (nSPS) is 14.9. The third-order valence-corrected chi connectivity index (χ3v) is 4.07. The van der Waals surface area contributed by atoms with Crippen LogP contribution in [0.15, 0.2) is 12.2 Å². The molecule has 0 saturated carbocycles. The van der Waals surface area contributed by atoms with Crippen molar-refractivity contribution in [3.63, 3.8) is 0 Å². The maximum Gasteiger partial charge on any atom is -0.0229 e. The van der Waals surface area contributed by atoms with Gasteiger partial charge in [-0.2, -0.15) is 0 Å². The Labute approximate surface area is 110 Å². The average molecular weight is 238 g/mol. The summed E-state index contributed by atoms with van der Waals surface area (Å²) >= 11 is 0. The van der Waals surface area contributed by atoms with E-state index in [4.69, 9.17) is 0 Å². The van der Waals surface area contributed by atoms with E-state index in [9.17, 15) is 0 Å². The number of hydrogen-bond acceptors (Lipinski definition) is 0. The molecular weight excluding hydrogens is 204 g/mol. The van der Waals surface area contributed by atoms with Crippen LogP contribution in [0.3, 0.4) is 0 Å². The molecule has 0 N–H and O–H groups in total. The minimum Gasteiger partial charge on any atom is -0.0993 e. The molecule has 0 radical (unpaired) electrons. The molecule has 2 unspecified atom stereocenters. The van der Waals surface area contributed by atoms with Crippen molar-refractivity contribution in [1.29, 1.82) is 0 Å². The van der Waals surface area contributed by atoms with Crippen LogP contribution in [0, 0.1) is 17.8 Å². The van der Waals surface area contributed by atoms with Gasteiger partial charge in [0.1, 0.15) is 0 Å². The van der Waals surface area contributed by atoms with Crippen LogP contribution in [0.1, 0.15) is 79.6 Å². The number of hydrogen-bond donors (Lipinski definition) is 0. The summed E-state index contributed by atoms with van der Waals surface area (Å²) in [4.78, 5) is 0. The summed E-state index contributed by atoms with van der Waals surface area (Å²) in [7, 11) is 0. The Morgan fingerprint density at radius 2 is 1.29 bits per heavy atom. The van der Waals surface area contributed by atoms with E-state index in [1.807, 2.05) is 0 Å². The van der Waals surface area contributed by atoms with Crippen LogP contribution in [0.25, 0.3) is 0 Å². The number of rotatable bonds is 10. The Morgan fingerprint density at radius 1 is 0.824 bits per heavy atom. The van der Waals surface area contributed by atoms with E-state index in [0.717, 1.165) is 5.92 Å². The fourth-order valence-corrected chi connectivity index (χ4v) is 2.95. The lowest BCUT2D eigenvalue weighted by Gasteiger charge is -2.25. The molecule has 0 fully saturated rings.